The van der Waals surface area contributed by atoms with E-state index in [1.807, 2.05) is 27.7 Å². The standard InChI is InChI=1S/C33H32F5N5O7.2C2H6/c1-17-11-19(42-9-10-49-16-26(42)32(2,35)36)14-21(34)27(17)28(44)40-22(30(46)47)12-18-5-6-23(25(13-18)50-33(3,37)38)43-29(45)20-7-8-39-15-24(20)41(4)31(43)48;2*1-2/h5-8,11,13-15,22,26H,9-10,12,16H2,1-4H3,(H,40,44)(H,46,47);2*1-2H3/t22-,26+;;/m0../s1. The van der Waals surface area contributed by atoms with Gasteiger partial charge < -0.3 is 24.8 Å². The van der Waals surface area contributed by atoms with Crippen LogP contribution >= 0.6 is 0 Å². The number of aryl methyl sites for hydroxylation is 2. The van der Waals surface area contributed by atoms with E-state index in [9.17, 15) is 41.8 Å². The number of fused-ring (bicyclic) bond motifs is 1. The van der Waals surface area contributed by atoms with E-state index in [-0.39, 0.29) is 53.2 Å². The molecule has 17 heteroatoms. The Morgan fingerprint density at radius 1 is 1.07 bits per heavy atom. The Hall–Kier alpha value is -5.32. The van der Waals surface area contributed by atoms with Gasteiger partial charge in [-0.05, 0) is 48.4 Å². The number of anilines is 1. The number of hydrogen-bond donors (Lipinski definition) is 2. The van der Waals surface area contributed by atoms with Crippen LogP contribution in [0.25, 0.3) is 16.6 Å². The number of ether oxygens (including phenoxy) is 2. The van der Waals surface area contributed by atoms with Crippen molar-refractivity contribution in [1.82, 2.24) is 19.4 Å². The summed E-state index contributed by atoms with van der Waals surface area (Å²) in [6.07, 6.45) is -1.73. The van der Waals surface area contributed by atoms with E-state index in [0.717, 1.165) is 29.7 Å². The summed E-state index contributed by atoms with van der Waals surface area (Å²) >= 11 is 0. The monoisotopic (exact) mass is 765 g/mol. The molecule has 2 atom stereocenters. The molecule has 0 aliphatic carbocycles. The maximum absolute atomic E-state index is 15.4. The summed E-state index contributed by atoms with van der Waals surface area (Å²) in [5.74, 6) is -7.62. The van der Waals surface area contributed by atoms with Crippen LogP contribution in [0.5, 0.6) is 5.75 Å². The Morgan fingerprint density at radius 3 is 2.33 bits per heavy atom. The maximum Gasteiger partial charge on any atom is 0.394 e. The van der Waals surface area contributed by atoms with Crippen LogP contribution in [-0.2, 0) is 23.0 Å². The molecule has 0 unspecified atom stereocenters. The highest BCUT2D eigenvalue weighted by Gasteiger charge is 2.41. The molecule has 0 radical (unpaired) electrons. The average Bonchev–Trinajstić information content (AvgIpc) is 3.11. The van der Waals surface area contributed by atoms with E-state index in [1.54, 1.807) is 0 Å². The maximum atomic E-state index is 15.4. The fraction of sp³-hybridized carbons (Fsp3) is 0.432. The quantitative estimate of drug-likeness (QED) is 0.190. The summed E-state index contributed by atoms with van der Waals surface area (Å²) < 4.78 is 84.0. The third kappa shape index (κ3) is 9.61. The van der Waals surface area contributed by atoms with Crippen LogP contribution in [0.2, 0.25) is 0 Å². The van der Waals surface area contributed by atoms with Gasteiger partial charge >= 0.3 is 17.8 Å². The van der Waals surface area contributed by atoms with Gasteiger partial charge in [0.15, 0.2) is 5.75 Å². The molecule has 5 rings (SSSR count). The molecule has 2 N–H and O–H groups in total. The lowest BCUT2D eigenvalue weighted by Gasteiger charge is -2.40. The van der Waals surface area contributed by atoms with Crippen molar-refractivity contribution in [3.05, 3.63) is 92.1 Å². The normalized spacial score (nSPS) is 15.0. The van der Waals surface area contributed by atoms with E-state index in [2.05, 4.69) is 10.3 Å². The summed E-state index contributed by atoms with van der Waals surface area (Å²) in [7, 11) is 1.35. The molecule has 2 aromatic carbocycles. The number of halogens is 5. The third-order valence-electron chi connectivity index (χ3n) is 8.22. The minimum Gasteiger partial charge on any atom is -0.480 e. The number of carboxylic acids is 1. The van der Waals surface area contributed by atoms with E-state index >= 15 is 4.39 Å². The second kappa shape index (κ2) is 17.7. The summed E-state index contributed by atoms with van der Waals surface area (Å²) in [6, 6.07) is 3.84. The Labute approximate surface area is 308 Å². The lowest BCUT2D eigenvalue weighted by atomic mass is 10.0. The molecule has 1 saturated heterocycles. The summed E-state index contributed by atoms with van der Waals surface area (Å²) in [6.45, 7) is 10.4. The summed E-state index contributed by atoms with van der Waals surface area (Å²) in [4.78, 5) is 57.2. The van der Waals surface area contributed by atoms with Gasteiger partial charge in [-0.25, -0.2) is 27.3 Å². The number of pyridine rings is 1. The van der Waals surface area contributed by atoms with Gasteiger partial charge in [0.2, 0.25) is 0 Å². The van der Waals surface area contributed by atoms with Crippen molar-refractivity contribution in [2.24, 2.45) is 7.05 Å². The van der Waals surface area contributed by atoms with Crippen molar-refractivity contribution in [2.45, 2.75) is 79.0 Å². The Bertz CT molecular complexity index is 2070. The molecular formula is C37H44F5N5O7. The zero-order chi connectivity index (χ0) is 40.7. The Kier molecular flexibility index (Phi) is 14.1. The predicted molar refractivity (Wildman–Crippen MR) is 193 cm³/mol. The van der Waals surface area contributed by atoms with Crippen LogP contribution < -0.4 is 26.2 Å². The van der Waals surface area contributed by atoms with Crippen LogP contribution in [0.3, 0.4) is 0 Å². The van der Waals surface area contributed by atoms with Crippen LogP contribution in [-0.4, -0.2) is 75.0 Å². The molecular weight excluding hydrogens is 721 g/mol. The molecule has 0 saturated carbocycles. The first-order valence-electron chi connectivity index (χ1n) is 17.2. The number of carbonyl (C=O) groups is 2. The molecule has 0 spiro atoms. The van der Waals surface area contributed by atoms with Gasteiger partial charge in [-0.2, -0.15) is 8.78 Å². The second-order valence-electron chi connectivity index (χ2n) is 12.0. The van der Waals surface area contributed by atoms with Gasteiger partial charge in [0, 0.05) is 45.7 Å². The number of hydrogen-bond acceptors (Lipinski definition) is 8. The first-order valence-corrected chi connectivity index (χ1v) is 17.2. The molecule has 54 heavy (non-hydrogen) atoms. The first-order chi connectivity index (χ1) is 25.4. The van der Waals surface area contributed by atoms with Gasteiger partial charge in [-0.15, -0.1) is 0 Å². The van der Waals surface area contributed by atoms with Gasteiger partial charge in [0.1, 0.15) is 17.9 Å². The van der Waals surface area contributed by atoms with Crippen molar-refractivity contribution < 1.29 is 46.1 Å². The molecule has 294 valence electrons. The number of aliphatic carboxylic acids is 1. The molecule has 1 aliphatic heterocycles. The number of morpholine rings is 1. The fourth-order valence-corrected chi connectivity index (χ4v) is 5.83. The molecule has 12 nitrogen and oxygen atoms in total. The first kappa shape index (κ1) is 43.1. The highest BCUT2D eigenvalue weighted by molar-refractivity contribution is 5.98. The number of carbonyl (C=O) groups excluding carboxylic acids is 1. The highest BCUT2D eigenvalue weighted by atomic mass is 19.3. The van der Waals surface area contributed by atoms with Crippen molar-refractivity contribution >= 4 is 28.5 Å². The van der Waals surface area contributed by atoms with Gasteiger partial charge in [0.05, 0.1) is 41.6 Å². The Balaban J connectivity index is 0.00000190. The second-order valence-corrected chi connectivity index (χ2v) is 12.0. The van der Waals surface area contributed by atoms with Crippen molar-refractivity contribution in [1.29, 1.82) is 0 Å². The SMILES string of the molecule is CC.CC.Cc1cc(N2CCOC[C@@H]2C(C)(F)F)cc(F)c1C(=O)N[C@@H](Cc1ccc(-n2c(=O)c3ccncc3n(C)c2=O)c(OC(C)(F)F)c1)C(=O)O. The number of benzene rings is 2. The zero-order valence-corrected chi connectivity index (χ0v) is 31.2. The molecule has 4 aromatic rings. The third-order valence-corrected chi connectivity index (χ3v) is 8.22. The van der Waals surface area contributed by atoms with Crippen LogP contribution in [0, 0.1) is 12.7 Å². The largest absolute Gasteiger partial charge is 0.480 e. The van der Waals surface area contributed by atoms with Gasteiger partial charge in [-0.3, -0.25) is 19.1 Å². The number of alkyl halides is 4. The molecule has 1 amide bonds. The minimum absolute atomic E-state index is 0.0296. The summed E-state index contributed by atoms with van der Waals surface area (Å²) in [5.41, 5.74) is -2.31. The van der Waals surface area contributed by atoms with Crippen LogP contribution in [0.1, 0.15) is 63.0 Å². The predicted octanol–water partition coefficient (Wildman–Crippen LogP) is 5.86. The molecule has 1 aliphatic rings. The average molecular weight is 766 g/mol. The van der Waals surface area contributed by atoms with Gasteiger partial charge in [-0.1, -0.05) is 33.8 Å². The number of amides is 1. The number of nitrogens with one attached hydrogen (secondary N) is 1. The molecule has 3 heterocycles. The smallest absolute Gasteiger partial charge is 0.394 e. The number of nitrogens with zero attached hydrogens (tertiary/aromatic N) is 4. The lowest BCUT2D eigenvalue weighted by molar-refractivity contribution is -0.159. The number of rotatable bonds is 10. The van der Waals surface area contributed by atoms with Crippen molar-refractivity contribution in [3.8, 4) is 11.4 Å². The minimum atomic E-state index is -3.81. The summed E-state index contributed by atoms with van der Waals surface area (Å²) in [5, 5.41) is 12.2. The molecule has 2 aromatic heterocycles. The van der Waals surface area contributed by atoms with Crippen LogP contribution in [0.4, 0.5) is 27.6 Å². The number of aromatic nitrogens is 3. The molecule has 1 fully saturated rings. The van der Waals surface area contributed by atoms with Gasteiger partial charge in [0.25, 0.3) is 17.4 Å². The topological polar surface area (TPSA) is 145 Å². The van der Waals surface area contributed by atoms with E-state index < -0.39 is 70.8 Å². The number of carboxylic acid groups (broad SMARTS) is 1. The lowest BCUT2D eigenvalue weighted by Crippen LogP contribution is -2.54. The zero-order valence-electron chi connectivity index (χ0n) is 31.2. The van der Waals surface area contributed by atoms with E-state index in [0.29, 0.717) is 11.5 Å². The van der Waals surface area contributed by atoms with Crippen molar-refractivity contribution in [2.75, 3.05) is 24.7 Å². The van der Waals surface area contributed by atoms with Crippen LogP contribution in [0.15, 0.2) is 58.4 Å². The fourth-order valence-electron chi connectivity index (χ4n) is 5.83. The Morgan fingerprint density at radius 2 is 1.74 bits per heavy atom. The molecule has 0 bridgehead atoms. The van der Waals surface area contributed by atoms with E-state index in [4.69, 9.17) is 9.47 Å². The van der Waals surface area contributed by atoms with Crippen molar-refractivity contribution in [3.63, 3.8) is 0 Å². The highest BCUT2D eigenvalue weighted by Crippen LogP contribution is 2.32. The van der Waals surface area contributed by atoms with E-state index in [1.165, 1.54) is 49.5 Å².